The summed E-state index contributed by atoms with van der Waals surface area (Å²) < 4.78 is 43.2. The van der Waals surface area contributed by atoms with Crippen molar-refractivity contribution in [3.8, 4) is 5.69 Å². The fourth-order valence-corrected chi connectivity index (χ4v) is 4.80. The summed E-state index contributed by atoms with van der Waals surface area (Å²) in [4.78, 5) is 27.6. The topological polar surface area (TPSA) is 100 Å². The molecule has 12 heteroatoms. The van der Waals surface area contributed by atoms with Crippen LogP contribution in [0.25, 0.3) is 16.9 Å². The number of urea groups is 1. The molecule has 0 atom stereocenters. The molecule has 1 aliphatic heterocycles. The van der Waals surface area contributed by atoms with Crippen molar-refractivity contribution in [2.24, 2.45) is 0 Å². The van der Waals surface area contributed by atoms with E-state index in [2.05, 4.69) is 35.8 Å². The van der Waals surface area contributed by atoms with Gasteiger partial charge < -0.3 is 20.9 Å². The lowest BCUT2D eigenvalue weighted by atomic mass is 10.0. The van der Waals surface area contributed by atoms with Gasteiger partial charge in [-0.3, -0.25) is 4.57 Å². The number of halogens is 3. The first kappa shape index (κ1) is 26.4. The van der Waals surface area contributed by atoms with Crippen LogP contribution >= 0.6 is 0 Å². The summed E-state index contributed by atoms with van der Waals surface area (Å²) >= 11 is 0. The van der Waals surface area contributed by atoms with Crippen LogP contribution in [0, 0.1) is 0 Å². The van der Waals surface area contributed by atoms with Crippen LogP contribution in [-0.4, -0.2) is 57.1 Å². The lowest BCUT2D eigenvalue weighted by Crippen LogP contribution is -2.31. The number of benzene rings is 2. The molecule has 0 unspecified atom stereocenters. The second-order valence-electron chi connectivity index (χ2n) is 9.41. The second kappa shape index (κ2) is 11.3. The van der Waals surface area contributed by atoms with Gasteiger partial charge in [0, 0.05) is 30.7 Å². The third-order valence-corrected chi connectivity index (χ3v) is 6.79. The van der Waals surface area contributed by atoms with Crippen molar-refractivity contribution in [1.82, 2.24) is 24.4 Å². The molecule has 2 amide bonds. The van der Waals surface area contributed by atoms with Crippen molar-refractivity contribution < 1.29 is 18.0 Å². The van der Waals surface area contributed by atoms with E-state index in [-0.39, 0.29) is 11.3 Å². The zero-order valence-electron chi connectivity index (χ0n) is 21.4. The van der Waals surface area contributed by atoms with E-state index in [1.165, 1.54) is 24.9 Å². The van der Waals surface area contributed by atoms with Crippen LogP contribution in [0.15, 0.2) is 55.1 Å². The molecule has 3 N–H and O–H groups in total. The Morgan fingerprint density at radius 3 is 2.38 bits per heavy atom. The number of hydrogen-bond donors (Lipinski definition) is 3. The van der Waals surface area contributed by atoms with Gasteiger partial charge in [-0.25, -0.2) is 19.7 Å². The molecule has 0 saturated carbocycles. The molecule has 1 aliphatic rings. The monoisotopic (exact) mass is 538 g/mol. The standard InChI is InChI=1S/C27H29F3N8O/c1-31-24-23-25(33-16-32-24)38(17-34-23)21-9-7-19(8-10-21)35-26(39)36-20-6-5-18(22(15-20)27(28,29)30)11-14-37-12-3-2-4-13-37/h5-10,15-17H,2-4,11-14H2,1H3,(H,31,32,33)(H2,35,36,39). The molecule has 2 aromatic heterocycles. The van der Waals surface area contributed by atoms with Crippen LogP contribution in [0.5, 0.6) is 0 Å². The van der Waals surface area contributed by atoms with E-state index in [9.17, 15) is 18.0 Å². The zero-order valence-corrected chi connectivity index (χ0v) is 21.4. The van der Waals surface area contributed by atoms with Gasteiger partial charge in [0.05, 0.1) is 5.56 Å². The number of alkyl halides is 3. The first-order valence-electron chi connectivity index (χ1n) is 12.8. The smallest absolute Gasteiger partial charge is 0.371 e. The maximum atomic E-state index is 13.8. The highest BCUT2D eigenvalue weighted by Crippen LogP contribution is 2.34. The van der Waals surface area contributed by atoms with Gasteiger partial charge in [0.15, 0.2) is 17.0 Å². The van der Waals surface area contributed by atoms with Crippen molar-refractivity contribution in [2.45, 2.75) is 31.9 Å². The van der Waals surface area contributed by atoms with E-state index in [0.29, 0.717) is 35.6 Å². The third kappa shape index (κ3) is 6.11. The summed E-state index contributed by atoms with van der Waals surface area (Å²) in [6.45, 7) is 2.43. The molecule has 3 heterocycles. The van der Waals surface area contributed by atoms with E-state index in [1.54, 1.807) is 42.2 Å². The van der Waals surface area contributed by atoms with Crippen molar-refractivity contribution in [3.63, 3.8) is 0 Å². The van der Waals surface area contributed by atoms with E-state index >= 15 is 0 Å². The molecular weight excluding hydrogens is 509 g/mol. The van der Waals surface area contributed by atoms with Crippen LogP contribution in [-0.2, 0) is 12.6 Å². The number of carbonyl (C=O) groups is 1. The van der Waals surface area contributed by atoms with Gasteiger partial charge in [-0.2, -0.15) is 13.2 Å². The predicted octanol–water partition coefficient (Wildman–Crippen LogP) is 5.55. The number of piperidine rings is 1. The van der Waals surface area contributed by atoms with E-state index in [1.807, 2.05) is 0 Å². The molecule has 204 valence electrons. The minimum atomic E-state index is -4.52. The molecule has 1 saturated heterocycles. The number of aromatic nitrogens is 4. The second-order valence-corrected chi connectivity index (χ2v) is 9.41. The highest BCUT2D eigenvalue weighted by Gasteiger charge is 2.33. The quantitative estimate of drug-likeness (QED) is 0.285. The molecule has 4 aromatic rings. The largest absolute Gasteiger partial charge is 0.416 e. The highest BCUT2D eigenvalue weighted by molar-refractivity contribution is 5.99. The molecule has 0 radical (unpaired) electrons. The van der Waals surface area contributed by atoms with Gasteiger partial charge in [0.1, 0.15) is 12.7 Å². The summed E-state index contributed by atoms with van der Waals surface area (Å²) in [6.07, 6.45) is 2.20. The third-order valence-electron chi connectivity index (χ3n) is 6.79. The SMILES string of the molecule is CNc1ncnc2c1ncn2-c1ccc(NC(=O)Nc2ccc(CCN3CCCCC3)c(C(F)(F)F)c2)cc1. The molecule has 2 aromatic carbocycles. The number of carbonyl (C=O) groups excluding carboxylic acids is 1. The van der Waals surface area contributed by atoms with Crippen molar-refractivity contribution in [1.29, 1.82) is 0 Å². The molecule has 0 aliphatic carbocycles. The van der Waals surface area contributed by atoms with Crippen LogP contribution in [0.4, 0.5) is 35.2 Å². The van der Waals surface area contributed by atoms with Crippen molar-refractivity contribution in [3.05, 3.63) is 66.2 Å². The lowest BCUT2D eigenvalue weighted by Gasteiger charge is -2.27. The average Bonchev–Trinajstić information content (AvgIpc) is 3.37. The van der Waals surface area contributed by atoms with E-state index in [0.717, 1.165) is 37.7 Å². The Morgan fingerprint density at radius 1 is 0.949 bits per heavy atom. The Morgan fingerprint density at radius 2 is 1.67 bits per heavy atom. The minimum Gasteiger partial charge on any atom is -0.371 e. The number of likely N-dealkylation sites (tertiary alicyclic amines) is 1. The molecule has 9 nitrogen and oxygen atoms in total. The number of anilines is 3. The van der Waals surface area contributed by atoms with Gasteiger partial charge in [-0.15, -0.1) is 0 Å². The minimum absolute atomic E-state index is 0.0723. The molecule has 0 spiro atoms. The Bertz CT molecular complexity index is 1450. The first-order chi connectivity index (χ1) is 18.8. The summed E-state index contributed by atoms with van der Waals surface area (Å²) in [7, 11) is 1.75. The molecular formula is C27H29F3N8O. The number of imidazole rings is 1. The Kier molecular flexibility index (Phi) is 7.64. The van der Waals surface area contributed by atoms with Crippen molar-refractivity contribution in [2.75, 3.05) is 42.6 Å². The summed E-state index contributed by atoms with van der Waals surface area (Å²) in [5, 5.41) is 8.15. The van der Waals surface area contributed by atoms with E-state index < -0.39 is 17.8 Å². The number of nitrogens with one attached hydrogen (secondary N) is 3. The number of fused-ring (bicyclic) bond motifs is 1. The maximum absolute atomic E-state index is 13.8. The average molecular weight is 539 g/mol. The predicted molar refractivity (Wildman–Crippen MR) is 144 cm³/mol. The molecule has 1 fully saturated rings. The summed E-state index contributed by atoms with van der Waals surface area (Å²) in [5.41, 5.74) is 2.06. The fraction of sp³-hybridized carbons (Fsp3) is 0.333. The Hall–Kier alpha value is -4.19. The van der Waals surface area contributed by atoms with Gasteiger partial charge in [0.25, 0.3) is 0 Å². The molecule has 0 bridgehead atoms. The maximum Gasteiger partial charge on any atom is 0.416 e. The van der Waals surface area contributed by atoms with Gasteiger partial charge in [-0.1, -0.05) is 12.5 Å². The highest BCUT2D eigenvalue weighted by atomic mass is 19.4. The number of rotatable bonds is 7. The Balaban J connectivity index is 1.24. The van der Waals surface area contributed by atoms with Gasteiger partial charge in [0.2, 0.25) is 0 Å². The van der Waals surface area contributed by atoms with Crippen LogP contribution < -0.4 is 16.0 Å². The molecule has 39 heavy (non-hydrogen) atoms. The molecule has 5 rings (SSSR count). The Labute approximate surface area is 223 Å². The first-order valence-corrected chi connectivity index (χ1v) is 12.8. The van der Waals surface area contributed by atoms with Crippen LogP contribution in [0.3, 0.4) is 0 Å². The van der Waals surface area contributed by atoms with Crippen molar-refractivity contribution >= 4 is 34.4 Å². The van der Waals surface area contributed by atoms with Crippen LogP contribution in [0.1, 0.15) is 30.4 Å². The fourth-order valence-electron chi connectivity index (χ4n) is 4.80. The number of amides is 2. The lowest BCUT2D eigenvalue weighted by molar-refractivity contribution is -0.138. The normalized spacial score (nSPS) is 14.4. The van der Waals surface area contributed by atoms with Crippen LogP contribution in [0.2, 0.25) is 0 Å². The number of nitrogens with zero attached hydrogens (tertiary/aromatic N) is 5. The summed E-state index contributed by atoms with van der Waals surface area (Å²) in [6, 6.07) is 10.2. The number of hydrogen-bond acceptors (Lipinski definition) is 6. The summed E-state index contributed by atoms with van der Waals surface area (Å²) in [5.74, 6) is 0.609. The van der Waals surface area contributed by atoms with E-state index in [4.69, 9.17) is 0 Å². The van der Waals surface area contributed by atoms with Gasteiger partial charge >= 0.3 is 12.2 Å². The van der Waals surface area contributed by atoms with Gasteiger partial charge in [-0.05, 0) is 74.3 Å². The zero-order chi connectivity index (χ0) is 27.4.